The van der Waals surface area contributed by atoms with Crippen LogP contribution in [-0.4, -0.2) is 20.6 Å². The van der Waals surface area contributed by atoms with Crippen molar-refractivity contribution in [3.05, 3.63) is 47.8 Å². The van der Waals surface area contributed by atoms with Crippen molar-refractivity contribution in [1.82, 2.24) is 9.55 Å². The molecular formula is C12H12FN3O2. The fourth-order valence-electron chi connectivity index (χ4n) is 1.62. The maximum Gasteiger partial charge on any atom is 0.337 e. The minimum atomic E-state index is -1.17. The number of aryl methyl sites for hydroxylation is 1. The van der Waals surface area contributed by atoms with E-state index in [0.29, 0.717) is 5.82 Å². The second kappa shape index (κ2) is 4.87. The van der Waals surface area contributed by atoms with Crippen molar-refractivity contribution in [3.8, 4) is 0 Å². The molecule has 0 aliphatic heterocycles. The van der Waals surface area contributed by atoms with Gasteiger partial charge in [-0.05, 0) is 12.1 Å². The number of anilines is 1. The summed E-state index contributed by atoms with van der Waals surface area (Å²) in [4.78, 5) is 15.0. The molecule has 2 rings (SSSR count). The molecule has 0 unspecified atom stereocenters. The molecule has 94 valence electrons. The van der Waals surface area contributed by atoms with Crippen LogP contribution in [-0.2, 0) is 13.6 Å². The summed E-state index contributed by atoms with van der Waals surface area (Å²) in [7, 11) is 1.81. The standard InChI is InChI=1S/C12H12FN3O2/c1-16-6-5-14-10(16)7-15-11-8(12(17)18)3-2-4-9(11)13/h2-6,15H,7H2,1H3,(H,17,18). The molecule has 0 fully saturated rings. The number of carboxylic acid groups (broad SMARTS) is 1. The van der Waals surface area contributed by atoms with E-state index in [2.05, 4.69) is 10.3 Å². The molecular weight excluding hydrogens is 237 g/mol. The number of benzene rings is 1. The predicted octanol–water partition coefficient (Wildman–Crippen LogP) is 1.87. The first kappa shape index (κ1) is 12.1. The summed E-state index contributed by atoms with van der Waals surface area (Å²) in [5, 5.41) is 11.7. The third-order valence-electron chi connectivity index (χ3n) is 2.59. The highest BCUT2D eigenvalue weighted by atomic mass is 19.1. The van der Waals surface area contributed by atoms with E-state index in [1.54, 1.807) is 17.0 Å². The number of carbonyl (C=O) groups is 1. The number of aromatic nitrogens is 2. The third-order valence-corrected chi connectivity index (χ3v) is 2.59. The zero-order valence-electron chi connectivity index (χ0n) is 9.72. The lowest BCUT2D eigenvalue weighted by atomic mass is 10.1. The van der Waals surface area contributed by atoms with Crippen molar-refractivity contribution in [3.63, 3.8) is 0 Å². The van der Waals surface area contributed by atoms with Gasteiger partial charge in [0.15, 0.2) is 0 Å². The topological polar surface area (TPSA) is 67.2 Å². The summed E-state index contributed by atoms with van der Waals surface area (Å²) in [5.74, 6) is -1.07. The Kier molecular flexibility index (Phi) is 3.27. The Bertz CT molecular complexity index is 580. The maximum atomic E-state index is 13.6. The molecule has 18 heavy (non-hydrogen) atoms. The van der Waals surface area contributed by atoms with E-state index in [-0.39, 0.29) is 17.8 Å². The molecule has 0 radical (unpaired) electrons. The second-order valence-electron chi connectivity index (χ2n) is 3.78. The zero-order valence-corrected chi connectivity index (χ0v) is 9.72. The number of hydrogen-bond donors (Lipinski definition) is 2. The predicted molar refractivity (Wildman–Crippen MR) is 63.9 cm³/mol. The lowest BCUT2D eigenvalue weighted by Crippen LogP contribution is -2.11. The number of hydrogen-bond acceptors (Lipinski definition) is 3. The largest absolute Gasteiger partial charge is 0.478 e. The van der Waals surface area contributed by atoms with Crippen molar-refractivity contribution < 1.29 is 14.3 Å². The fourth-order valence-corrected chi connectivity index (χ4v) is 1.62. The molecule has 2 N–H and O–H groups in total. The summed E-state index contributed by atoms with van der Waals surface area (Å²) < 4.78 is 15.4. The smallest absolute Gasteiger partial charge is 0.337 e. The first-order valence-electron chi connectivity index (χ1n) is 5.31. The van der Waals surface area contributed by atoms with Gasteiger partial charge >= 0.3 is 5.97 Å². The lowest BCUT2D eigenvalue weighted by Gasteiger charge is -2.10. The Labute approximate surface area is 103 Å². The molecule has 0 spiro atoms. The number of nitrogens with zero attached hydrogens (tertiary/aromatic N) is 2. The van der Waals surface area contributed by atoms with Gasteiger partial charge in [-0.25, -0.2) is 14.2 Å². The summed E-state index contributed by atoms with van der Waals surface area (Å²) in [6.45, 7) is 0.255. The van der Waals surface area contributed by atoms with Crippen LogP contribution in [0.15, 0.2) is 30.6 Å². The van der Waals surface area contributed by atoms with Crippen molar-refractivity contribution in [1.29, 1.82) is 0 Å². The quantitative estimate of drug-likeness (QED) is 0.868. The van der Waals surface area contributed by atoms with Gasteiger partial charge in [-0.15, -0.1) is 0 Å². The molecule has 5 nitrogen and oxygen atoms in total. The van der Waals surface area contributed by atoms with E-state index in [4.69, 9.17) is 5.11 Å². The molecule has 0 atom stereocenters. The third kappa shape index (κ3) is 2.32. The highest BCUT2D eigenvalue weighted by molar-refractivity contribution is 5.94. The summed E-state index contributed by atoms with van der Waals surface area (Å²) in [5.41, 5.74) is -0.114. The summed E-state index contributed by atoms with van der Waals surface area (Å²) >= 11 is 0. The van der Waals surface area contributed by atoms with Crippen LogP contribution in [0.1, 0.15) is 16.2 Å². The molecule has 1 aromatic carbocycles. The SMILES string of the molecule is Cn1ccnc1CNc1c(F)cccc1C(=O)O. The van der Waals surface area contributed by atoms with Gasteiger partial charge in [0, 0.05) is 19.4 Å². The Morgan fingerprint density at radius 3 is 2.94 bits per heavy atom. The molecule has 6 heteroatoms. The molecule has 0 saturated carbocycles. The van der Waals surface area contributed by atoms with Gasteiger partial charge in [-0.3, -0.25) is 0 Å². The summed E-state index contributed by atoms with van der Waals surface area (Å²) in [6, 6.07) is 3.93. The van der Waals surface area contributed by atoms with Crippen LogP contribution < -0.4 is 5.32 Å². The number of carboxylic acids is 1. The molecule has 1 heterocycles. The highest BCUT2D eigenvalue weighted by Gasteiger charge is 2.14. The first-order chi connectivity index (χ1) is 8.59. The molecule has 0 amide bonds. The van der Waals surface area contributed by atoms with Gasteiger partial charge in [0.2, 0.25) is 0 Å². The van der Waals surface area contributed by atoms with Crippen LogP contribution in [0.3, 0.4) is 0 Å². The average molecular weight is 249 g/mol. The molecule has 1 aromatic heterocycles. The Morgan fingerprint density at radius 2 is 2.33 bits per heavy atom. The molecule has 0 aliphatic carbocycles. The monoisotopic (exact) mass is 249 g/mol. The number of aromatic carboxylic acids is 1. The maximum absolute atomic E-state index is 13.6. The minimum Gasteiger partial charge on any atom is -0.478 e. The van der Waals surface area contributed by atoms with E-state index in [1.165, 1.54) is 18.2 Å². The van der Waals surface area contributed by atoms with Crippen LogP contribution >= 0.6 is 0 Å². The Hall–Kier alpha value is -2.37. The number of para-hydroxylation sites is 1. The number of halogens is 1. The zero-order chi connectivity index (χ0) is 13.1. The first-order valence-corrected chi connectivity index (χ1v) is 5.31. The molecule has 0 bridgehead atoms. The highest BCUT2D eigenvalue weighted by Crippen LogP contribution is 2.20. The normalized spacial score (nSPS) is 10.3. The van der Waals surface area contributed by atoms with Gasteiger partial charge in [0.05, 0.1) is 17.8 Å². The second-order valence-corrected chi connectivity index (χ2v) is 3.78. The number of imidazole rings is 1. The fraction of sp³-hybridized carbons (Fsp3) is 0.167. The van der Waals surface area contributed by atoms with Gasteiger partial charge in [-0.2, -0.15) is 0 Å². The van der Waals surface area contributed by atoms with Crippen LogP contribution in [0.25, 0.3) is 0 Å². The summed E-state index contributed by atoms with van der Waals surface area (Å²) in [6.07, 6.45) is 3.38. The van der Waals surface area contributed by atoms with E-state index in [9.17, 15) is 9.18 Å². The van der Waals surface area contributed by atoms with Crippen molar-refractivity contribution in [2.75, 3.05) is 5.32 Å². The van der Waals surface area contributed by atoms with E-state index < -0.39 is 11.8 Å². The van der Waals surface area contributed by atoms with Crippen LogP contribution in [0.2, 0.25) is 0 Å². The lowest BCUT2D eigenvalue weighted by molar-refractivity contribution is 0.0697. The Balaban J connectivity index is 2.24. The van der Waals surface area contributed by atoms with Crippen molar-refractivity contribution in [2.24, 2.45) is 7.05 Å². The van der Waals surface area contributed by atoms with Crippen LogP contribution in [0, 0.1) is 5.82 Å². The molecule has 0 aliphatic rings. The van der Waals surface area contributed by atoms with Gasteiger partial charge in [0.1, 0.15) is 11.6 Å². The Morgan fingerprint density at radius 1 is 1.56 bits per heavy atom. The van der Waals surface area contributed by atoms with E-state index in [0.717, 1.165) is 0 Å². The van der Waals surface area contributed by atoms with Crippen molar-refractivity contribution >= 4 is 11.7 Å². The number of nitrogens with one attached hydrogen (secondary N) is 1. The van der Waals surface area contributed by atoms with Gasteiger partial charge in [0.25, 0.3) is 0 Å². The van der Waals surface area contributed by atoms with Crippen molar-refractivity contribution in [2.45, 2.75) is 6.54 Å². The van der Waals surface area contributed by atoms with Crippen LogP contribution in [0.5, 0.6) is 0 Å². The van der Waals surface area contributed by atoms with E-state index >= 15 is 0 Å². The average Bonchev–Trinajstić information content (AvgIpc) is 2.73. The van der Waals surface area contributed by atoms with Gasteiger partial charge in [-0.1, -0.05) is 6.07 Å². The number of rotatable bonds is 4. The van der Waals surface area contributed by atoms with Gasteiger partial charge < -0.3 is 15.0 Å². The van der Waals surface area contributed by atoms with Crippen LogP contribution in [0.4, 0.5) is 10.1 Å². The minimum absolute atomic E-state index is 0.0204. The molecule has 0 saturated heterocycles. The van der Waals surface area contributed by atoms with E-state index in [1.807, 2.05) is 7.05 Å². The molecule has 2 aromatic rings.